The number of allylic oxidation sites excluding steroid dienone is 2. The van der Waals surface area contributed by atoms with Crippen molar-refractivity contribution >= 4 is 17.3 Å². The number of benzene rings is 2. The van der Waals surface area contributed by atoms with Gasteiger partial charge in [-0.1, -0.05) is 19.1 Å². The summed E-state index contributed by atoms with van der Waals surface area (Å²) in [5.74, 6) is 0.127. The van der Waals surface area contributed by atoms with Crippen LogP contribution in [-0.4, -0.2) is 22.5 Å². The fraction of sp³-hybridized carbons (Fsp3) is 0.318. The van der Waals surface area contributed by atoms with E-state index in [-0.39, 0.29) is 35.2 Å². The van der Waals surface area contributed by atoms with Crippen molar-refractivity contribution in [3.63, 3.8) is 0 Å². The number of amides is 1. The normalized spacial score (nSPS) is 21.8. The number of fused-ring (bicyclic) bond motifs is 3. The molecule has 0 saturated heterocycles. The first-order chi connectivity index (χ1) is 14.0. The molecule has 2 aromatic rings. The number of carbonyl (C=O) groups is 1. The Bertz CT molecular complexity index is 1000. The second kappa shape index (κ2) is 7.58. The van der Waals surface area contributed by atoms with Gasteiger partial charge >= 0.3 is 0 Å². The van der Waals surface area contributed by atoms with E-state index in [1.807, 2.05) is 19.1 Å². The van der Waals surface area contributed by atoms with Crippen molar-refractivity contribution in [3.8, 4) is 5.75 Å². The van der Waals surface area contributed by atoms with E-state index in [1.54, 1.807) is 6.07 Å². The van der Waals surface area contributed by atoms with Crippen LogP contribution in [-0.2, 0) is 0 Å². The van der Waals surface area contributed by atoms with Gasteiger partial charge in [0.15, 0.2) is 0 Å². The van der Waals surface area contributed by atoms with E-state index < -0.39 is 4.92 Å². The number of nitrogens with zero attached hydrogens (tertiary/aromatic N) is 1. The molecule has 7 nitrogen and oxygen atoms in total. The van der Waals surface area contributed by atoms with Gasteiger partial charge in [-0.2, -0.15) is 0 Å². The topological polar surface area (TPSA) is 104 Å². The van der Waals surface area contributed by atoms with E-state index in [9.17, 15) is 20.0 Å². The predicted octanol–water partition coefficient (Wildman–Crippen LogP) is 4.27. The van der Waals surface area contributed by atoms with Crippen LogP contribution in [0.5, 0.6) is 5.75 Å². The Kier molecular flexibility index (Phi) is 4.96. The summed E-state index contributed by atoms with van der Waals surface area (Å²) < 4.78 is 0. The lowest BCUT2D eigenvalue weighted by atomic mass is 9.76. The van der Waals surface area contributed by atoms with Crippen molar-refractivity contribution in [3.05, 3.63) is 75.4 Å². The minimum absolute atomic E-state index is 0.0396. The number of anilines is 1. The zero-order valence-electron chi connectivity index (χ0n) is 16.1. The lowest BCUT2D eigenvalue weighted by Gasteiger charge is -2.37. The molecule has 1 amide bonds. The van der Waals surface area contributed by atoms with E-state index in [0.29, 0.717) is 17.7 Å². The standard InChI is InChI=1S/C22H23N3O4/c1-2-10-23-22(27)13-6-8-19-17(11-13)15-4-3-5-16(15)21(24-19)18-12-14(25(28)29)7-9-20(18)26/h3-4,6-9,11-12,15-16,21,24,26H,2,5,10H2,1H3,(H,23,27). The summed E-state index contributed by atoms with van der Waals surface area (Å²) in [7, 11) is 0. The maximum absolute atomic E-state index is 12.4. The molecule has 0 radical (unpaired) electrons. The van der Waals surface area contributed by atoms with Crippen LogP contribution in [0.25, 0.3) is 0 Å². The number of hydrogen-bond donors (Lipinski definition) is 3. The van der Waals surface area contributed by atoms with Crippen molar-refractivity contribution in [2.24, 2.45) is 5.92 Å². The highest BCUT2D eigenvalue weighted by molar-refractivity contribution is 5.95. The second-order valence-corrected chi connectivity index (χ2v) is 7.53. The molecular formula is C22H23N3O4. The zero-order chi connectivity index (χ0) is 20.5. The first-order valence-electron chi connectivity index (χ1n) is 9.82. The number of nitro groups is 1. The Balaban J connectivity index is 1.71. The van der Waals surface area contributed by atoms with Gasteiger partial charge in [0, 0.05) is 41.4 Å². The number of aromatic hydroxyl groups is 1. The van der Waals surface area contributed by atoms with Gasteiger partial charge in [0.1, 0.15) is 5.75 Å². The molecule has 4 rings (SSSR count). The molecule has 1 aliphatic carbocycles. The fourth-order valence-corrected chi connectivity index (χ4v) is 4.29. The average molecular weight is 393 g/mol. The highest BCUT2D eigenvalue weighted by Gasteiger charge is 2.39. The molecule has 3 atom stereocenters. The van der Waals surface area contributed by atoms with Gasteiger partial charge in [-0.05, 0) is 48.6 Å². The SMILES string of the molecule is CCCNC(=O)c1ccc2c(c1)C1C=CCC1C(c1cc([N+](=O)[O-])ccc1O)N2. The van der Waals surface area contributed by atoms with Crippen LogP contribution in [0.2, 0.25) is 0 Å². The van der Waals surface area contributed by atoms with Crippen LogP contribution in [0.1, 0.15) is 53.2 Å². The van der Waals surface area contributed by atoms with Crippen molar-refractivity contribution in [1.82, 2.24) is 5.32 Å². The number of non-ortho nitro benzene ring substituents is 1. The van der Waals surface area contributed by atoms with E-state index >= 15 is 0 Å². The highest BCUT2D eigenvalue weighted by atomic mass is 16.6. The Hall–Kier alpha value is -3.35. The molecule has 2 aromatic carbocycles. The largest absolute Gasteiger partial charge is 0.508 e. The van der Waals surface area contributed by atoms with Gasteiger partial charge in [-0.15, -0.1) is 0 Å². The van der Waals surface area contributed by atoms with Crippen LogP contribution in [0.3, 0.4) is 0 Å². The summed E-state index contributed by atoms with van der Waals surface area (Å²) in [6.07, 6.45) is 5.88. The number of carbonyl (C=O) groups excluding carboxylic acids is 1. The fourth-order valence-electron chi connectivity index (χ4n) is 4.29. The Morgan fingerprint density at radius 2 is 2.10 bits per heavy atom. The predicted molar refractivity (Wildman–Crippen MR) is 110 cm³/mol. The third kappa shape index (κ3) is 3.44. The molecule has 1 heterocycles. The molecule has 1 aliphatic heterocycles. The quantitative estimate of drug-likeness (QED) is 0.400. The Morgan fingerprint density at radius 1 is 1.28 bits per heavy atom. The molecule has 3 unspecified atom stereocenters. The lowest BCUT2D eigenvalue weighted by Crippen LogP contribution is -2.30. The van der Waals surface area contributed by atoms with Gasteiger partial charge in [-0.3, -0.25) is 14.9 Å². The summed E-state index contributed by atoms with van der Waals surface area (Å²) in [4.78, 5) is 23.1. The number of nitro benzene ring substituents is 1. The Morgan fingerprint density at radius 3 is 2.86 bits per heavy atom. The number of hydrogen-bond acceptors (Lipinski definition) is 5. The molecule has 29 heavy (non-hydrogen) atoms. The molecule has 0 bridgehead atoms. The van der Waals surface area contributed by atoms with Crippen molar-refractivity contribution in [2.45, 2.75) is 31.7 Å². The molecule has 0 fully saturated rings. The average Bonchev–Trinajstić information content (AvgIpc) is 3.21. The third-order valence-electron chi connectivity index (χ3n) is 5.72. The van der Waals surface area contributed by atoms with E-state index in [2.05, 4.69) is 22.8 Å². The van der Waals surface area contributed by atoms with Crippen LogP contribution in [0.15, 0.2) is 48.6 Å². The van der Waals surface area contributed by atoms with Gasteiger partial charge in [0.25, 0.3) is 11.6 Å². The molecule has 150 valence electrons. The van der Waals surface area contributed by atoms with E-state index in [0.717, 1.165) is 24.1 Å². The van der Waals surface area contributed by atoms with Crippen LogP contribution >= 0.6 is 0 Å². The number of phenols is 1. The zero-order valence-corrected chi connectivity index (χ0v) is 16.1. The molecule has 3 N–H and O–H groups in total. The van der Waals surface area contributed by atoms with Crippen LogP contribution in [0.4, 0.5) is 11.4 Å². The highest BCUT2D eigenvalue weighted by Crippen LogP contribution is 2.51. The lowest BCUT2D eigenvalue weighted by molar-refractivity contribution is -0.385. The molecule has 7 heteroatoms. The number of nitrogens with one attached hydrogen (secondary N) is 2. The maximum Gasteiger partial charge on any atom is 0.270 e. The van der Waals surface area contributed by atoms with Crippen molar-refractivity contribution in [2.75, 3.05) is 11.9 Å². The molecule has 0 aromatic heterocycles. The first-order valence-corrected chi connectivity index (χ1v) is 9.82. The first kappa shape index (κ1) is 19.0. The minimum atomic E-state index is -0.453. The van der Waals surface area contributed by atoms with Gasteiger partial charge in [0.05, 0.1) is 11.0 Å². The van der Waals surface area contributed by atoms with Crippen LogP contribution < -0.4 is 10.6 Å². The summed E-state index contributed by atoms with van der Waals surface area (Å²) >= 11 is 0. The second-order valence-electron chi connectivity index (χ2n) is 7.53. The van der Waals surface area contributed by atoms with Crippen molar-refractivity contribution in [1.29, 1.82) is 0 Å². The molecular weight excluding hydrogens is 370 g/mol. The van der Waals surface area contributed by atoms with Gasteiger partial charge < -0.3 is 15.7 Å². The number of rotatable bonds is 5. The van der Waals surface area contributed by atoms with Crippen molar-refractivity contribution < 1.29 is 14.8 Å². The third-order valence-corrected chi connectivity index (χ3v) is 5.72. The Labute approximate surface area is 168 Å². The summed E-state index contributed by atoms with van der Waals surface area (Å²) in [6, 6.07) is 9.44. The van der Waals surface area contributed by atoms with E-state index in [1.165, 1.54) is 18.2 Å². The molecule has 2 aliphatic rings. The van der Waals surface area contributed by atoms with Crippen LogP contribution in [0, 0.1) is 16.0 Å². The summed E-state index contributed by atoms with van der Waals surface area (Å²) in [5.41, 5.74) is 3.01. The monoisotopic (exact) mass is 393 g/mol. The maximum atomic E-state index is 12.4. The number of phenolic OH excluding ortho intramolecular Hbond substituents is 1. The summed E-state index contributed by atoms with van der Waals surface area (Å²) in [5, 5.41) is 27.9. The minimum Gasteiger partial charge on any atom is -0.508 e. The van der Waals surface area contributed by atoms with E-state index in [4.69, 9.17) is 0 Å². The van der Waals surface area contributed by atoms with Gasteiger partial charge in [0.2, 0.25) is 0 Å². The summed E-state index contributed by atoms with van der Waals surface area (Å²) in [6.45, 7) is 2.64. The molecule has 0 saturated carbocycles. The molecule has 0 spiro atoms. The van der Waals surface area contributed by atoms with Gasteiger partial charge in [-0.25, -0.2) is 0 Å². The smallest absolute Gasteiger partial charge is 0.270 e.